The Morgan fingerprint density at radius 2 is 1.92 bits per heavy atom. The monoisotopic (exact) mass is 380 g/mol. The average molecular weight is 381 g/mol. The SMILES string of the molecule is CCOC(=O)c1cc(NC(=O)C(N)COC)cc(S(C)(=O)=O)c1.Cl. The molecule has 0 aliphatic carbocycles. The van der Waals surface area contributed by atoms with E-state index in [0.29, 0.717) is 0 Å². The third-order valence-electron chi connectivity index (χ3n) is 2.80. The molecule has 0 bridgehead atoms. The topological polar surface area (TPSA) is 125 Å². The van der Waals surface area contributed by atoms with Gasteiger partial charge < -0.3 is 20.5 Å². The maximum Gasteiger partial charge on any atom is 0.338 e. The number of hydrogen-bond donors (Lipinski definition) is 2. The molecule has 0 spiro atoms. The molecule has 1 amide bonds. The fraction of sp³-hybridized carbons (Fsp3) is 0.429. The van der Waals surface area contributed by atoms with Gasteiger partial charge in [0.15, 0.2) is 9.84 Å². The van der Waals surface area contributed by atoms with E-state index in [0.717, 1.165) is 6.26 Å². The van der Waals surface area contributed by atoms with Gasteiger partial charge in [-0.1, -0.05) is 0 Å². The zero-order chi connectivity index (χ0) is 17.6. The van der Waals surface area contributed by atoms with Gasteiger partial charge in [0.25, 0.3) is 0 Å². The van der Waals surface area contributed by atoms with Crippen molar-refractivity contribution in [3.05, 3.63) is 23.8 Å². The molecule has 0 heterocycles. The van der Waals surface area contributed by atoms with E-state index in [-0.39, 0.29) is 41.8 Å². The number of rotatable bonds is 7. The summed E-state index contributed by atoms with van der Waals surface area (Å²) < 4.78 is 33.1. The summed E-state index contributed by atoms with van der Waals surface area (Å²) in [7, 11) is -2.18. The van der Waals surface area contributed by atoms with Crippen LogP contribution in [0.25, 0.3) is 0 Å². The lowest BCUT2D eigenvalue weighted by molar-refractivity contribution is -0.118. The van der Waals surface area contributed by atoms with Gasteiger partial charge in [0.2, 0.25) is 5.91 Å². The molecule has 136 valence electrons. The number of anilines is 1. The summed E-state index contributed by atoms with van der Waals surface area (Å²) in [5.41, 5.74) is 5.75. The largest absolute Gasteiger partial charge is 0.462 e. The molecule has 0 aliphatic heterocycles. The number of halogens is 1. The fourth-order valence-electron chi connectivity index (χ4n) is 1.71. The van der Waals surface area contributed by atoms with Crippen LogP contribution in [0.3, 0.4) is 0 Å². The minimum Gasteiger partial charge on any atom is -0.462 e. The van der Waals surface area contributed by atoms with Crippen LogP contribution < -0.4 is 11.1 Å². The van der Waals surface area contributed by atoms with Crippen molar-refractivity contribution < 1.29 is 27.5 Å². The lowest BCUT2D eigenvalue weighted by atomic mass is 10.2. The Hall–Kier alpha value is -1.68. The lowest BCUT2D eigenvalue weighted by Crippen LogP contribution is -2.39. The van der Waals surface area contributed by atoms with E-state index in [4.69, 9.17) is 15.2 Å². The molecule has 0 radical (unpaired) electrons. The Labute approximate surface area is 147 Å². The highest BCUT2D eigenvalue weighted by molar-refractivity contribution is 7.90. The number of nitrogens with two attached hydrogens (primary N) is 1. The van der Waals surface area contributed by atoms with Crippen molar-refractivity contribution in [2.24, 2.45) is 5.73 Å². The second kappa shape index (κ2) is 9.58. The van der Waals surface area contributed by atoms with Crippen LogP contribution in [0.2, 0.25) is 0 Å². The molecular formula is C14H21ClN2O6S. The zero-order valence-corrected chi connectivity index (χ0v) is 15.2. The van der Waals surface area contributed by atoms with Gasteiger partial charge in [-0.05, 0) is 25.1 Å². The van der Waals surface area contributed by atoms with E-state index < -0.39 is 27.8 Å². The summed E-state index contributed by atoms with van der Waals surface area (Å²) in [6.07, 6.45) is 1.000. The van der Waals surface area contributed by atoms with Gasteiger partial charge in [0.05, 0.1) is 23.7 Å². The smallest absolute Gasteiger partial charge is 0.338 e. The molecule has 0 saturated heterocycles. The maximum absolute atomic E-state index is 11.9. The molecular weight excluding hydrogens is 360 g/mol. The molecule has 24 heavy (non-hydrogen) atoms. The third kappa shape index (κ3) is 6.44. The van der Waals surface area contributed by atoms with Crippen molar-refractivity contribution in [1.82, 2.24) is 0 Å². The Morgan fingerprint density at radius 1 is 1.29 bits per heavy atom. The molecule has 1 rings (SSSR count). The molecule has 1 aromatic rings. The van der Waals surface area contributed by atoms with E-state index in [1.807, 2.05) is 0 Å². The number of carbonyl (C=O) groups excluding carboxylic acids is 2. The number of sulfone groups is 1. The van der Waals surface area contributed by atoms with Crippen molar-refractivity contribution in [3.63, 3.8) is 0 Å². The number of nitrogens with one attached hydrogen (secondary N) is 1. The van der Waals surface area contributed by atoms with Gasteiger partial charge in [-0.25, -0.2) is 13.2 Å². The lowest BCUT2D eigenvalue weighted by Gasteiger charge is -2.13. The maximum atomic E-state index is 11.9. The molecule has 10 heteroatoms. The van der Waals surface area contributed by atoms with E-state index in [1.54, 1.807) is 6.92 Å². The number of esters is 1. The zero-order valence-electron chi connectivity index (χ0n) is 13.6. The number of hydrogen-bond acceptors (Lipinski definition) is 7. The predicted molar refractivity (Wildman–Crippen MR) is 91.2 cm³/mol. The fourth-order valence-corrected chi connectivity index (χ4v) is 2.39. The summed E-state index contributed by atoms with van der Waals surface area (Å²) in [6, 6.07) is 2.84. The molecule has 0 aliphatic rings. The van der Waals surface area contributed by atoms with Crippen LogP contribution in [0, 0.1) is 0 Å². The summed E-state index contributed by atoms with van der Waals surface area (Å²) >= 11 is 0. The summed E-state index contributed by atoms with van der Waals surface area (Å²) in [5, 5.41) is 2.46. The van der Waals surface area contributed by atoms with Crippen molar-refractivity contribution in [2.75, 3.05) is 31.9 Å². The van der Waals surface area contributed by atoms with E-state index in [9.17, 15) is 18.0 Å². The van der Waals surface area contributed by atoms with Gasteiger partial charge in [0.1, 0.15) is 6.04 Å². The molecule has 0 saturated carbocycles. The van der Waals surface area contributed by atoms with Crippen molar-refractivity contribution in [3.8, 4) is 0 Å². The van der Waals surface area contributed by atoms with Crippen LogP contribution in [0.4, 0.5) is 5.69 Å². The number of carbonyl (C=O) groups is 2. The summed E-state index contributed by atoms with van der Waals surface area (Å²) in [4.78, 5) is 23.6. The summed E-state index contributed by atoms with van der Waals surface area (Å²) in [5.74, 6) is -1.25. The second-order valence-corrected chi connectivity index (χ2v) is 6.81. The van der Waals surface area contributed by atoms with Gasteiger partial charge >= 0.3 is 5.97 Å². The van der Waals surface area contributed by atoms with Crippen LogP contribution in [0.5, 0.6) is 0 Å². The third-order valence-corrected chi connectivity index (χ3v) is 3.89. The standard InChI is InChI=1S/C14H20N2O6S.ClH/c1-4-22-14(18)9-5-10(7-11(6-9)23(3,19)20)16-13(17)12(15)8-21-2;/h5-7,12H,4,8,15H2,1-3H3,(H,16,17);1H. The van der Waals surface area contributed by atoms with Crippen molar-refractivity contribution in [1.29, 1.82) is 0 Å². The van der Waals surface area contributed by atoms with Crippen LogP contribution in [0.1, 0.15) is 17.3 Å². The quantitative estimate of drug-likeness (QED) is 0.663. The predicted octanol–water partition coefficient (Wildman–Crippen LogP) is 0.601. The highest BCUT2D eigenvalue weighted by Crippen LogP contribution is 2.20. The highest BCUT2D eigenvalue weighted by atomic mass is 35.5. The first-order valence-electron chi connectivity index (χ1n) is 6.76. The normalized spacial score (nSPS) is 12.0. The van der Waals surface area contributed by atoms with Crippen LogP contribution in [-0.2, 0) is 24.1 Å². The van der Waals surface area contributed by atoms with E-state index >= 15 is 0 Å². The molecule has 0 aromatic heterocycles. The molecule has 1 aromatic carbocycles. The molecule has 1 unspecified atom stereocenters. The van der Waals surface area contributed by atoms with Crippen LogP contribution in [0.15, 0.2) is 23.1 Å². The van der Waals surface area contributed by atoms with Crippen molar-refractivity contribution >= 4 is 39.8 Å². The first kappa shape index (κ1) is 22.3. The second-order valence-electron chi connectivity index (χ2n) is 4.79. The van der Waals surface area contributed by atoms with Crippen LogP contribution >= 0.6 is 12.4 Å². The number of methoxy groups -OCH3 is 1. The Bertz CT molecular complexity index is 693. The molecule has 0 fully saturated rings. The van der Waals surface area contributed by atoms with E-state index in [1.165, 1.54) is 25.3 Å². The molecule has 8 nitrogen and oxygen atoms in total. The minimum absolute atomic E-state index is 0. The molecule has 1 atom stereocenters. The Balaban J connectivity index is 0.00000529. The molecule has 3 N–H and O–H groups in total. The number of benzene rings is 1. The average Bonchev–Trinajstić information content (AvgIpc) is 2.46. The van der Waals surface area contributed by atoms with E-state index in [2.05, 4.69) is 5.32 Å². The minimum atomic E-state index is -3.58. The van der Waals surface area contributed by atoms with Crippen molar-refractivity contribution in [2.45, 2.75) is 17.9 Å². The van der Waals surface area contributed by atoms with Crippen LogP contribution in [-0.4, -0.2) is 52.9 Å². The summed E-state index contributed by atoms with van der Waals surface area (Å²) in [6.45, 7) is 1.77. The number of ether oxygens (including phenoxy) is 2. The number of amides is 1. The van der Waals surface area contributed by atoms with Gasteiger partial charge in [-0.3, -0.25) is 4.79 Å². The first-order valence-corrected chi connectivity index (χ1v) is 8.65. The first-order chi connectivity index (χ1) is 10.7. The van der Waals surface area contributed by atoms with Gasteiger partial charge in [-0.2, -0.15) is 0 Å². The Kier molecular flexibility index (Phi) is 8.91. The Morgan fingerprint density at radius 3 is 2.42 bits per heavy atom. The van der Waals surface area contributed by atoms with Gasteiger partial charge in [-0.15, -0.1) is 12.4 Å². The highest BCUT2D eigenvalue weighted by Gasteiger charge is 2.18. The van der Waals surface area contributed by atoms with Gasteiger partial charge in [0, 0.05) is 19.1 Å².